The van der Waals surface area contributed by atoms with E-state index in [1.807, 2.05) is 22.9 Å². The number of aromatic nitrogens is 1. The van der Waals surface area contributed by atoms with E-state index in [0.717, 1.165) is 24.7 Å². The highest BCUT2D eigenvalue weighted by molar-refractivity contribution is 5.69. The maximum atomic E-state index is 11.2. The van der Waals surface area contributed by atoms with E-state index in [0.29, 0.717) is 6.54 Å². The number of carbonyl (C=O) groups is 1. The van der Waals surface area contributed by atoms with E-state index in [1.54, 1.807) is 0 Å². The van der Waals surface area contributed by atoms with Gasteiger partial charge in [-0.1, -0.05) is 0 Å². The van der Waals surface area contributed by atoms with E-state index < -0.39 is 0 Å². The van der Waals surface area contributed by atoms with E-state index in [2.05, 4.69) is 10.1 Å². The molecule has 0 atom stereocenters. The highest BCUT2D eigenvalue weighted by atomic mass is 16.5. The van der Waals surface area contributed by atoms with Crippen LogP contribution in [0.3, 0.4) is 0 Å². The van der Waals surface area contributed by atoms with Crippen molar-refractivity contribution in [2.75, 3.05) is 13.7 Å². The fourth-order valence-corrected chi connectivity index (χ4v) is 1.69. The van der Waals surface area contributed by atoms with Gasteiger partial charge in [-0.2, -0.15) is 0 Å². The molecule has 4 heteroatoms. The molecule has 1 aliphatic carbocycles. The topological polar surface area (TPSA) is 43.3 Å². The molecular weight excluding hydrogens is 204 g/mol. The fraction of sp³-hybridized carbons (Fsp3) is 0.583. The summed E-state index contributed by atoms with van der Waals surface area (Å²) in [5.41, 5.74) is 1.13. The van der Waals surface area contributed by atoms with Crippen LogP contribution in [0.2, 0.25) is 0 Å². The van der Waals surface area contributed by atoms with Crippen LogP contribution in [-0.2, 0) is 22.6 Å². The molecule has 1 saturated carbocycles. The minimum Gasteiger partial charge on any atom is -0.468 e. The van der Waals surface area contributed by atoms with Crippen molar-refractivity contribution < 1.29 is 9.53 Å². The fourth-order valence-electron chi connectivity index (χ4n) is 1.69. The standard InChI is InChI=1S/C12H18N2O2/c1-16-12(15)9-14-6-2-3-11(14)8-13-7-10-4-5-10/h2-3,6,10,13H,4-5,7-9H2,1H3. The van der Waals surface area contributed by atoms with Crippen LogP contribution < -0.4 is 5.32 Å². The second kappa shape index (κ2) is 5.16. The largest absolute Gasteiger partial charge is 0.468 e. The zero-order chi connectivity index (χ0) is 11.4. The third kappa shape index (κ3) is 3.10. The van der Waals surface area contributed by atoms with Crippen molar-refractivity contribution in [1.29, 1.82) is 0 Å². The Bertz CT molecular complexity index is 356. The number of hydrogen-bond donors (Lipinski definition) is 1. The summed E-state index contributed by atoms with van der Waals surface area (Å²) in [7, 11) is 1.41. The maximum absolute atomic E-state index is 11.2. The van der Waals surface area contributed by atoms with Crippen molar-refractivity contribution in [2.24, 2.45) is 5.92 Å². The van der Waals surface area contributed by atoms with E-state index >= 15 is 0 Å². The number of carbonyl (C=O) groups excluding carboxylic acids is 1. The average molecular weight is 222 g/mol. The molecule has 1 N–H and O–H groups in total. The van der Waals surface area contributed by atoms with Gasteiger partial charge in [0, 0.05) is 18.4 Å². The van der Waals surface area contributed by atoms with Crippen LogP contribution >= 0.6 is 0 Å². The van der Waals surface area contributed by atoms with Crippen molar-refractivity contribution in [1.82, 2.24) is 9.88 Å². The Morgan fingerprint density at radius 3 is 3.12 bits per heavy atom. The molecular formula is C12H18N2O2. The van der Waals surface area contributed by atoms with Crippen LogP contribution in [0, 0.1) is 5.92 Å². The van der Waals surface area contributed by atoms with Crippen molar-refractivity contribution >= 4 is 5.97 Å². The smallest absolute Gasteiger partial charge is 0.325 e. The average Bonchev–Trinajstić information content (AvgIpc) is 3.00. The third-order valence-corrected chi connectivity index (χ3v) is 2.89. The molecule has 0 spiro atoms. The number of methoxy groups -OCH3 is 1. The van der Waals surface area contributed by atoms with Crippen molar-refractivity contribution in [3.05, 3.63) is 24.0 Å². The molecule has 88 valence electrons. The predicted octanol–water partition coefficient (Wildman–Crippen LogP) is 1.16. The Hall–Kier alpha value is -1.29. The summed E-state index contributed by atoms with van der Waals surface area (Å²) in [4.78, 5) is 11.2. The maximum Gasteiger partial charge on any atom is 0.325 e. The molecule has 0 saturated heterocycles. The van der Waals surface area contributed by atoms with Gasteiger partial charge in [-0.05, 0) is 37.4 Å². The summed E-state index contributed by atoms with van der Waals surface area (Å²) in [5.74, 6) is 0.670. The normalized spacial score (nSPS) is 15.1. The molecule has 4 nitrogen and oxygen atoms in total. The minimum absolute atomic E-state index is 0.209. The van der Waals surface area contributed by atoms with Gasteiger partial charge in [0.15, 0.2) is 0 Å². The zero-order valence-corrected chi connectivity index (χ0v) is 9.61. The number of esters is 1. The van der Waals surface area contributed by atoms with Gasteiger partial charge in [-0.25, -0.2) is 0 Å². The first-order chi connectivity index (χ1) is 7.79. The van der Waals surface area contributed by atoms with Crippen LogP contribution in [0.4, 0.5) is 0 Å². The van der Waals surface area contributed by atoms with Gasteiger partial charge in [0.25, 0.3) is 0 Å². The number of nitrogens with zero attached hydrogens (tertiary/aromatic N) is 1. The number of hydrogen-bond acceptors (Lipinski definition) is 3. The molecule has 0 bridgehead atoms. The summed E-state index contributed by atoms with van der Waals surface area (Å²) in [6.07, 6.45) is 4.62. The monoisotopic (exact) mass is 222 g/mol. The molecule has 2 rings (SSSR count). The van der Waals surface area contributed by atoms with Crippen LogP contribution in [0.1, 0.15) is 18.5 Å². The molecule has 0 aliphatic heterocycles. The third-order valence-electron chi connectivity index (χ3n) is 2.89. The first-order valence-corrected chi connectivity index (χ1v) is 5.71. The van der Waals surface area contributed by atoms with Gasteiger partial charge >= 0.3 is 5.97 Å². The van der Waals surface area contributed by atoms with E-state index in [-0.39, 0.29) is 5.97 Å². The zero-order valence-electron chi connectivity index (χ0n) is 9.61. The van der Waals surface area contributed by atoms with Gasteiger partial charge in [-0.15, -0.1) is 0 Å². The van der Waals surface area contributed by atoms with Crippen molar-refractivity contribution in [2.45, 2.75) is 25.9 Å². The molecule has 1 heterocycles. The van der Waals surface area contributed by atoms with Crippen LogP contribution in [0.15, 0.2) is 18.3 Å². The lowest BCUT2D eigenvalue weighted by Gasteiger charge is -2.08. The number of ether oxygens (including phenoxy) is 1. The molecule has 0 radical (unpaired) electrons. The van der Waals surface area contributed by atoms with Gasteiger partial charge in [0.1, 0.15) is 6.54 Å². The molecule has 16 heavy (non-hydrogen) atoms. The Balaban J connectivity index is 1.82. The SMILES string of the molecule is COC(=O)Cn1cccc1CNCC1CC1. The van der Waals surface area contributed by atoms with E-state index in [1.165, 1.54) is 20.0 Å². The summed E-state index contributed by atoms with van der Waals surface area (Å²) in [5, 5.41) is 3.41. The Morgan fingerprint density at radius 1 is 1.62 bits per heavy atom. The van der Waals surface area contributed by atoms with E-state index in [4.69, 9.17) is 0 Å². The van der Waals surface area contributed by atoms with Crippen molar-refractivity contribution in [3.63, 3.8) is 0 Å². The van der Waals surface area contributed by atoms with Gasteiger partial charge in [0.05, 0.1) is 7.11 Å². The molecule has 0 unspecified atom stereocenters. The number of rotatable bonds is 6. The van der Waals surface area contributed by atoms with Crippen LogP contribution in [-0.4, -0.2) is 24.2 Å². The van der Waals surface area contributed by atoms with Crippen LogP contribution in [0.5, 0.6) is 0 Å². The van der Waals surface area contributed by atoms with Crippen molar-refractivity contribution in [3.8, 4) is 0 Å². The van der Waals surface area contributed by atoms with Gasteiger partial charge in [-0.3, -0.25) is 4.79 Å². The molecule has 1 fully saturated rings. The molecule has 1 aromatic rings. The highest BCUT2D eigenvalue weighted by Gasteiger charge is 2.20. The molecule has 0 amide bonds. The van der Waals surface area contributed by atoms with E-state index in [9.17, 15) is 4.79 Å². The minimum atomic E-state index is -0.209. The Morgan fingerprint density at radius 2 is 2.44 bits per heavy atom. The summed E-state index contributed by atoms with van der Waals surface area (Å²) in [6.45, 7) is 2.20. The molecule has 1 aliphatic rings. The van der Waals surface area contributed by atoms with Crippen LogP contribution in [0.25, 0.3) is 0 Å². The summed E-state index contributed by atoms with van der Waals surface area (Å²) in [6, 6.07) is 3.99. The van der Waals surface area contributed by atoms with Gasteiger partial charge in [0.2, 0.25) is 0 Å². The molecule has 1 aromatic heterocycles. The second-order valence-electron chi connectivity index (χ2n) is 4.28. The number of nitrogens with one attached hydrogen (secondary N) is 1. The second-order valence-corrected chi connectivity index (χ2v) is 4.28. The molecule has 0 aromatic carbocycles. The Labute approximate surface area is 95.6 Å². The predicted molar refractivity (Wildman–Crippen MR) is 60.9 cm³/mol. The first kappa shape index (κ1) is 11.2. The highest BCUT2D eigenvalue weighted by Crippen LogP contribution is 2.27. The lowest BCUT2D eigenvalue weighted by atomic mass is 10.3. The summed E-state index contributed by atoms with van der Waals surface area (Å²) < 4.78 is 6.57. The lowest BCUT2D eigenvalue weighted by Crippen LogP contribution is -2.20. The first-order valence-electron chi connectivity index (χ1n) is 5.71. The van der Waals surface area contributed by atoms with Gasteiger partial charge < -0.3 is 14.6 Å². The summed E-state index contributed by atoms with van der Waals surface area (Å²) >= 11 is 0. The quantitative estimate of drug-likeness (QED) is 0.734. The lowest BCUT2D eigenvalue weighted by molar-refractivity contribution is -0.141. The Kier molecular flexibility index (Phi) is 3.62.